The maximum Gasteiger partial charge on any atom is 0.326 e. The van der Waals surface area contributed by atoms with E-state index in [4.69, 9.17) is 0 Å². The quantitative estimate of drug-likeness (QED) is 0.806. The highest BCUT2D eigenvalue weighted by Crippen LogP contribution is 2.23. The molecule has 2 N–H and O–H groups in total. The van der Waals surface area contributed by atoms with Gasteiger partial charge in [-0.25, -0.2) is 4.79 Å². The summed E-state index contributed by atoms with van der Waals surface area (Å²) >= 11 is 0. The lowest BCUT2D eigenvalue weighted by atomic mass is 10.0. The zero-order chi connectivity index (χ0) is 21.1. The molecule has 0 saturated carbocycles. The molecule has 1 aromatic heterocycles. The van der Waals surface area contributed by atoms with E-state index in [2.05, 4.69) is 10.4 Å². The van der Waals surface area contributed by atoms with Crippen LogP contribution in [0.4, 0.5) is 5.69 Å². The van der Waals surface area contributed by atoms with E-state index in [0.717, 1.165) is 12.8 Å². The van der Waals surface area contributed by atoms with Gasteiger partial charge in [0.05, 0.1) is 11.3 Å². The minimum absolute atomic E-state index is 0.0944. The van der Waals surface area contributed by atoms with E-state index in [9.17, 15) is 19.5 Å². The summed E-state index contributed by atoms with van der Waals surface area (Å²) in [5.41, 5.74) is 2.02. The smallest absolute Gasteiger partial charge is 0.326 e. The van der Waals surface area contributed by atoms with Gasteiger partial charge in [-0.15, -0.1) is 0 Å². The molecule has 1 atom stereocenters. The van der Waals surface area contributed by atoms with Crippen molar-refractivity contribution in [2.24, 2.45) is 7.05 Å². The average molecular weight is 398 g/mol. The summed E-state index contributed by atoms with van der Waals surface area (Å²) in [5.74, 6) is -1.53. The van der Waals surface area contributed by atoms with Crippen molar-refractivity contribution in [1.82, 2.24) is 14.7 Å². The number of aryl methyl sites for hydroxylation is 1. The van der Waals surface area contributed by atoms with Gasteiger partial charge in [-0.2, -0.15) is 5.10 Å². The standard InChI is InChI=1S/C21H26N4O4/c1-13(2)18-16(12-24(3)23-18)19(26)22-15-8-6-7-14(11-15)20(27)25-10-5-4-9-17(25)21(28)29/h6-8,11-13,17H,4-5,9-10H2,1-3H3,(H,22,26)(H,28,29). The lowest BCUT2D eigenvalue weighted by Gasteiger charge is -2.33. The number of anilines is 1. The van der Waals surface area contributed by atoms with Crippen LogP contribution >= 0.6 is 0 Å². The lowest BCUT2D eigenvalue weighted by Crippen LogP contribution is -2.48. The van der Waals surface area contributed by atoms with Crippen LogP contribution in [0.5, 0.6) is 0 Å². The van der Waals surface area contributed by atoms with Gasteiger partial charge in [0.15, 0.2) is 0 Å². The number of nitrogens with one attached hydrogen (secondary N) is 1. The van der Waals surface area contributed by atoms with Crippen LogP contribution in [0.25, 0.3) is 0 Å². The number of piperidine rings is 1. The van der Waals surface area contributed by atoms with E-state index < -0.39 is 12.0 Å². The highest BCUT2D eigenvalue weighted by Gasteiger charge is 2.32. The number of carbonyl (C=O) groups excluding carboxylic acids is 2. The third-order valence-corrected chi connectivity index (χ3v) is 5.06. The molecule has 1 aromatic carbocycles. The molecular weight excluding hydrogens is 372 g/mol. The summed E-state index contributed by atoms with van der Waals surface area (Å²) in [7, 11) is 1.76. The van der Waals surface area contributed by atoms with Gasteiger partial charge in [0.2, 0.25) is 0 Å². The van der Waals surface area contributed by atoms with Crippen molar-refractivity contribution in [2.45, 2.75) is 45.1 Å². The van der Waals surface area contributed by atoms with E-state index in [-0.39, 0.29) is 17.7 Å². The molecule has 0 radical (unpaired) electrons. The number of aliphatic carboxylic acids is 1. The molecule has 29 heavy (non-hydrogen) atoms. The van der Waals surface area contributed by atoms with Crippen molar-refractivity contribution in [3.8, 4) is 0 Å². The fourth-order valence-corrected chi connectivity index (χ4v) is 3.63. The molecule has 1 saturated heterocycles. The molecule has 2 amide bonds. The van der Waals surface area contributed by atoms with Gasteiger partial charge < -0.3 is 15.3 Å². The zero-order valence-electron chi connectivity index (χ0n) is 16.9. The Kier molecular flexibility index (Phi) is 6.00. The van der Waals surface area contributed by atoms with Gasteiger partial charge >= 0.3 is 5.97 Å². The number of hydrogen-bond acceptors (Lipinski definition) is 4. The number of benzene rings is 1. The molecule has 1 unspecified atom stereocenters. The van der Waals surface area contributed by atoms with Crippen LogP contribution in [0.15, 0.2) is 30.5 Å². The van der Waals surface area contributed by atoms with E-state index in [1.165, 1.54) is 4.90 Å². The van der Waals surface area contributed by atoms with Crippen LogP contribution < -0.4 is 5.32 Å². The van der Waals surface area contributed by atoms with Gasteiger partial charge in [-0.3, -0.25) is 14.3 Å². The molecule has 2 aromatic rings. The normalized spacial score (nSPS) is 16.7. The Balaban J connectivity index is 1.80. The van der Waals surface area contributed by atoms with Crippen LogP contribution in [-0.4, -0.2) is 50.2 Å². The predicted molar refractivity (Wildman–Crippen MR) is 108 cm³/mol. The maximum absolute atomic E-state index is 12.9. The van der Waals surface area contributed by atoms with Gasteiger partial charge in [0, 0.05) is 31.0 Å². The molecule has 0 aliphatic carbocycles. The third kappa shape index (κ3) is 4.47. The summed E-state index contributed by atoms with van der Waals surface area (Å²) in [6.45, 7) is 4.35. The SMILES string of the molecule is CC(C)c1nn(C)cc1C(=O)Nc1cccc(C(=O)N2CCCCC2C(=O)O)c1. The molecule has 154 valence electrons. The first-order valence-corrected chi connectivity index (χ1v) is 9.76. The van der Waals surface area contributed by atoms with E-state index in [1.807, 2.05) is 13.8 Å². The Hall–Kier alpha value is -3.16. The minimum Gasteiger partial charge on any atom is -0.480 e. The van der Waals surface area contributed by atoms with Crippen molar-refractivity contribution >= 4 is 23.5 Å². The molecular formula is C21H26N4O4. The van der Waals surface area contributed by atoms with Crippen molar-refractivity contribution < 1.29 is 19.5 Å². The number of carbonyl (C=O) groups is 3. The third-order valence-electron chi connectivity index (χ3n) is 5.06. The Morgan fingerprint density at radius 2 is 2.00 bits per heavy atom. The number of hydrogen-bond donors (Lipinski definition) is 2. The Bertz CT molecular complexity index is 935. The lowest BCUT2D eigenvalue weighted by molar-refractivity contribution is -0.143. The largest absolute Gasteiger partial charge is 0.480 e. The molecule has 8 heteroatoms. The number of amides is 2. The molecule has 3 rings (SSSR count). The average Bonchev–Trinajstić information content (AvgIpc) is 3.10. The highest BCUT2D eigenvalue weighted by atomic mass is 16.4. The molecule has 8 nitrogen and oxygen atoms in total. The van der Waals surface area contributed by atoms with Crippen LogP contribution in [-0.2, 0) is 11.8 Å². The summed E-state index contributed by atoms with van der Waals surface area (Å²) in [5, 5.41) is 16.6. The molecule has 0 bridgehead atoms. The first-order valence-electron chi connectivity index (χ1n) is 9.76. The monoisotopic (exact) mass is 398 g/mol. The number of carboxylic acid groups (broad SMARTS) is 1. The van der Waals surface area contributed by atoms with Crippen molar-refractivity contribution in [3.05, 3.63) is 47.3 Å². The summed E-state index contributed by atoms with van der Waals surface area (Å²) in [6.07, 6.45) is 3.70. The summed E-state index contributed by atoms with van der Waals surface area (Å²) in [6, 6.07) is 5.78. The number of carboxylic acids is 1. The Morgan fingerprint density at radius 1 is 1.24 bits per heavy atom. The van der Waals surface area contributed by atoms with Crippen LogP contribution in [0.3, 0.4) is 0 Å². The molecule has 1 aliphatic heterocycles. The number of nitrogens with zero attached hydrogens (tertiary/aromatic N) is 3. The topological polar surface area (TPSA) is 105 Å². The number of likely N-dealkylation sites (tertiary alicyclic amines) is 1. The summed E-state index contributed by atoms with van der Waals surface area (Å²) in [4.78, 5) is 38.6. The second-order valence-electron chi connectivity index (χ2n) is 7.64. The van der Waals surface area contributed by atoms with Crippen LogP contribution in [0.2, 0.25) is 0 Å². The van der Waals surface area contributed by atoms with E-state index in [0.29, 0.717) is 35.5 Å². The number of rotatable bonds is 5. The van der Waals surface area contributed by atoms with Crippen LogP contribution in [0.1, 0.15) is 65.4 Å². The Labute approximate surface area is 169 Å². The summed E-state index contributed by atoms with van der Waals surface area (Å²) < 4.78 is 1.60. The first kappa shape index (κ1) is 20.6. The molecule has 1 fully saturated rings. The molecule has 2 heterocycles. The zero-order valence-corrected chi connectivity index (χ0v) is 16.9. The second-order valence-corrected chi connectivity index (χ2v) is 7.64. The minimum atomic E-state index is -0.986. The van der Waals surface area contributed by atoms with E-state index >= 15 is 0 Å². The number of aromatic nitrogens is 2. The van der Waals surface area contributed by atoms with Gasteiger partial charge in [0.1, 0.15) is 6.04 Å². The van der Waals surface area contributed by atoms with Crippen molar-refractivity contribution in [2.75, 3.05) is 11.9 Å². The second kappa shape index (κ2) is 8.46. The predicted octanol–water partition coefficient (Wildman–Crippen LogP) is 2.88. The van der Waals surface area contributed by atoms with E-state index in [1.54, 1.807) is 42.2 Å². The molecule has 0 spiro atoms. The van der Waals surface area contributed by atoms with Gasteiger partial charge in [-0.05, 0) is 43.4 Å². The molecule has 1 aliphatic rings. The van der Waals surface area contributed by atoms with Crippen molar-refractivity contribution in [1.29, 1.82) is 0 Å². The first-order chi connectivity index (χ1) is 13.8. The van der Waals surface area contributed by atoms with Gasteiger partial charge in [-0.1, -0.05) is 19.9 Å². The Morgan fingerprint density at radius 3 is 2.69 bits per heavy atom. The fraction of sp³-hybridized carbons (Fsp3) is 0.429. The van der Waals surface area contributed by atoms with Gasteiger partial charge in [0.25, 0.3) is 11.8 Å². The maximum atomic E-state index is 12.9. The van der Waals surface area contributed by atoms with Crippen molar-refractivity contribution in [3.63, 3.8) is 0 Å². The highest BCUT2D eigenvalue weighted by molar-refractivity contribution is 6.06. The van der Waals surface area contributed by atoms with Crippen LogP contribution in [0, 0.1) is 0 Å². The fourth-order valence-electron chi connectivity index (χ4n) is 3.63.